The van der Waals surface area contributed by atoms with Gasteiger partial charge in [-0.3, -0.25) is 4.79 Å². The lowest BCUT2D eigenvalue weighted by atomic mass is 9.86. The number of aliphatic hydroxyl groups is 1. The van der Waals surface area contributed by atoms with E-state index >= 15 is 0 Å². The fraction of sp³-hybridized carbons (Fsp3) is 0.417. The van der Waals surface area contributed by atoms with E-state index in [0.717, 1.165) is 12.1 Å². The van der Waals surface area contributed by atoms with Crippen LogP contribution in [0.2, 0.25) is 0 Å². The van der Waals surface area contributed by atoms with Crippen molar-refractivity contribution in [3.05, 3.63) is 35.4 Å². The molecule has 4 nitrogen and oxygen atoms in total. The minimum atomic E-state index is -0.953. The monoisotopic (exact) mass is 257 g/mol. The summed E-state index contributed by atoms with van der Waals surface area (Å²) in [5.41, 5.74) is -0.436. The second-order valence-corrected chi connectivity index (χ2v) is 4.36. The van der Waals surface area contributed by atoms with E-state index in [4.69, 9.17) is 9.84 Å². The highest BCUT2D eigenvalue weighted by molar-refractivity contribution is 5.83. The van der Waals surface area contributed by atoms with Crippen LogP contribution in [-0.4, -0.2) is 30.8 Å². The summed E-state index contributed by atoms with van der Waals surface area (Å²) >= 11 is 0. The topological polar surface area (TPSA) is 58.6 Å². The van der Waals surface area contributed by atoms with Gasteiger partial charge >= 0.3 is 0 Å². The minimum absolute atomic E-state index is 0.0811. The smallest absolute Gasteiger partial charge is 0.233 e. The van der Waals surface area contributed by atoms with Gasteiger partial charge < -0.3 is 15.2 Å². The fourth-order valence-electron chi connectivity index (χ4n) is 1.66. The number of carbonyl (C=O) groups excluding carboxylic acids is 1. The van der Waals surface area contributed by atoms with E-state index in [2.05, 4.69) is 5.32 Å². The number of amides is 1. The van der Waals surface area contributed by atoms with Gasteiger partial charge in [0, 0.05) is 6.54 Å². The van der Waals surface area contributed by atoms with Crippen molar-refractivity contribution in [2.75, 3.05) is 19.8 Å². The van der Waals surface area contributed by atoms with Crippen LogP contribution in [0, 0.1) is 17.0 Å². The van der Waals surface area contributed by atoms with Crippen molar-refractivity contribution in [2.24, 2.45) is 5.41 Å². The van der Waals surface area contributed by atoms with E-state index in [1.54, 1.807) is 0 Å². The molecule has 0 spiro atoms. The quantitative estimate of drug-likeness (QED) is 0.830. The van der Waals surface area contributed by atoms with Gasteiger partial charge in [-0.05, 0) is 17.7 Å². The van der Waals surface area contributed by atoms with Crippen LogP contribution in [0.3, 0.4) is 0 Å². The average molecular weight is 257 g/mol. The Bertz CT molecular complexity index is 455. The van der Waals surface area contributed by atoms with Crippen LogP contribution < -0.4 is 5.32 Å². The SMILES string of the molecule is O=C(NCc1ccc(F)c(F)c1)C1(CO)COC1. The predicted molar refractivity (Wildman–Crippen MR) is 58.5 cm³/mol. The van der Waals surface area contributed by atoms with Crippen LogP contribution in [0.15, 0.2) is 18.2 Å². The molecule has 1 aliphatic rings. The van der Waals surface area contributed by atoms with Gasteiger partial charge in [-0.15, -0.1) is 0 Å². The molecule has 0 atom stereocenters. The first-order chi connectivity index (χ1) is 8.57. The average Bonchev–Trinajstić information content (AvgIpc) is 2.30. The van der Waals surface area contributed by atoms with Crippen LogP contribution in [0.5, 0.6) is 0 Å². The fourth-order valence-corrected chi connectivity index (χ4v) is 1.66. The Hall–Kier alpha value is -1.53. The molecular weight excluding hydrogens is 244 g/mol. The van der Waals surface area contributed by atoms with Crippen molar-refractivity contribution in [1.29, 1.82) is 0 Å². The van der Waals surface area contributed by atoms with Gasteiger partial charge in [0.1, 0.15) is 5.41 Å². The van der Waals surface area contributed by atoms with Gasteiger partial charge in [-0.1, -0.05) is 6.07 Å². The van der Waals surface area contributed by atoms with Crippen LogP contribution in [0.4, 0.5) is 8.78 Å². The van der Waals surface area contributed by atoms with E-state index in [-0.39, 0.29) is 32.3 Å². The Morgan fingerprint density at radius 3 is 2.61 bits per heavy atom. The summed E-state index contributed by atoms with van der Waals surface area (Å²) in [7, 11) is 0. The van der Waals surface area contributed by atoms with Crippen molar-refractivity contribution < 1.29 is 23.4 Å². The summed E-state index contributed by atoms with van der Waals surface area (Å²) in [5, 5.41) is 11.7. The van der Waals surface area contributed by atoms with Crippen molar-refractivity contribution >= 4 is 5.91 Å². The number of rotatable bonds is 4. The van der Waals surface area contributed by atoms with Gasteiger partial charge in [0.15, 0.2) is 11.6 Å². The normalized spacial score (nSPS) is 17.1. The Labute approximate surface area is 103 Å². The summed E-state index contributed by atoms with van der Waals surface area (Å²) in [6.45, 7) is 0.134. The molecule has 0 unspecified atom stereocenters. The standard InChI is InChI=1S/C12H13F2NO3/c13-9-2-1-8(3-10(9)14)4-15-11(17)12(5-16)6-18-7-12/h1-3,16H,4-7H2,(H,15,17). The molecule has 0 saturated carbocycles. The third-order valence-electron chi connectivity index (χ3n) is 2.98. The summed E-state index contributed by atoms with van der Waals surface area (Å²) < 4.78 is 30.5. The van der Waals surface area contributed by atoms with Gasteiger partial charge in [-0.2, -0.15) is 0 Å². The zero-order valence-electron chi connectivity index (χ0n) is 9.58. The van der Waals surface area contributed by atoms with Gasteiger partial charge in [0.25, 0.3) is 0 Å². The number of benzene rings is 1. The summed E-state index contributed by atoms with van der Waals surface area (Å²) in [6, 6.07) is 3.42. The molecule has 1 heterocycles. The molecular formula is C12H13F2NO3. The molecule has 0 aromatic heterocycles. The zero-order valence-corrected chi connectivity index (χ0v) is 9.58. The molecule has 0 bridgehead atoms. The lowest BCUT2D eigenvalue weighted by Gasteiger charge is -2.38. The highest BCUT2D eigenvalue weighted by atomic mass is 19.2. The second-order valence-electron chi connectivity index (χ2n) is 4.36. The van der Waals surface area contributed by atoms with E-state index in [1.165, 1.54) is 6.07 Å². The maximum Gasteiger partial charge on any atom is 0.233 e. The van der Waals surface area contributed by atoms with E-state index < -0.39 is 17.0 Å². The molecule has 1 amide bonds. The number of hydrogen-bond donors (Lipinski definition) is 2. The molecule has 2 N–H and O–H groups in total. The van der Waals surface area contributed by atoms with Gasteiger partial charge in [0.05, 0.1) is 19.8 Å². The van der Waals surface area contributed by atoms with Crippen LogP contribution in [0.25, 0.3) is 0 Å². The molecule has 18 heavy (non-hydrogen) atoms. The molecule has 98 valence electrons. The largest absolute Gasteiger partial charge is 0.395 e. The number of aliphatic hydroxyl groups excluding tert-OH is 1. The predicted octanol–water partition coefficient (Wildman–Crippen LogP) is 0.590. The van der Waals surface area contributed by atoms with Crippen LogP contribution in [-0.2, 0) is 16.1 Å². The van der Waals surface area contributed by atoms with Gasteiger partial charge in [-0.25, -0.2) is 8.78 Å². The van der Waals surface area contributed by atoms with Crippen molar-refractivity contribution in [2.45, 2.75) is 6.54 Å². The van der Waals surface area contributed by atoms with E-state index in [9.17, 15) is 13.6 Å². The van der Waals surface area contributed by atoms with E-state index in [0.29, 0.717) is 5.56 Å². The minimum Gasteiger partial charge on any atom is -0.395 e. The maximum atomic E-state index is 12.9. The summed E-state index contributed by atoms with van der Waals surface area (Å²) in [6.07, 6.45) is 0. The van der Waals surface area contributed by atoms with Crippen molar-refractivity contribution in [3.8, 4) is 0 Å². The number of ether oxygens (including phenoxy) is 1. The van der Waals surface area contributed by atoms with Crippen LogP contribution in [0.1, 0.15) is 5.56 Å². The molecule has 1 fully saturated rings. The first kappa shape index (κ1) is 12.9. The first-order valence-electron chi connectivity index (χ1n) is 5.48. The lowest BCUT2D eigenvalue weighted by molar-refractivity contribution is -0.170. The Balaban J connectivity index is 1.95. The van der Waals surface area contributed by atoms with Crippen molar-refractivity contribution in [1.82, 2.24) is 5.32 Å². The molecule has 6 heteroatoms. The summed E-state index contributed by atoms with van der Waals surface area (Å²) in [4.78, 5) is 11.8. The van der Waals surface area contributed by atoms with E-state index in [1.807, 2.05) is 0 Å². The molecule has 1 aromatic carbocycles. The number of carbonyl (C=O) groups is 1. The molecule has 1 aliphatic heterocycles. The maximum absolute atomic E-state index is 12.9. The molecule has 1 aromatic rings. The number of halogens is 2. The number of hydrogen-bond acceptors (Lipinski definition) is 3. The molecule has 0 aliphatic carbocycles. The van der Waals surface area contributed by atoms with Gasteiger partial charge in [0.2, 0.25) is 5.91 Å². The third kappa shape index (κ3) is 2.34. The lowest BCUT2D eigenvalue weighted by Crippen LogP contribution is -2.56. The Morgan fingerprint density at radius 2 is 2.11 bits per heavy atom. The zero-order chi connectivity index (χ0) is 13.2. The highest BCUT2D eigenvalue weighted by Crippen LogP contribution is 2.26. The van der Waals surface area contributed by atoms with Crippen LogP contribution >= 0.6 is 0 Å². The molecule has 0 radical (unpaired) electrons. The Morgan fingerprint density at radius 1 is 1.39 bits per heavy atom. The highest BCUT2D eigenvalue weighted by Gasteiger charge is 2.45. The molecule has 2 rings (SSSR count). The van der Waals surface area contributed by atoms with Crippen molar-refractivity contribution in [3.63, 3.8) is 0 Å². The summed E-state index contributed by atoms with van der Waals surface area (Å²) in [5.74, 6) is -2.23. The second kappa shape index (κ2) is 4.99. The molecule has 1 saturated heterocycles. The third-order valence-corrected chi connectivity index (χ3v) is 2.98. The Kier molecular flexibility index (Phi) is 3.58. The number of nitrogens with one attached hydrogen (secondary N) is 1. The first-order valence-corrected chi connectivity index (χ1v) is 5.48.